The molecule has 0 saturated heterocycles. The summed E-state index contributed by atoms with van der Waals surface area (Å²) in [6.45, 7) is 9.04. The van der Waals surface area contributed by atoms with Crippen molar-refractivity contribution in [3.05, 3.63) is 175 Å². The maximum Gasteiger partial charge on any atom is 0.218 e. The average molecular weight is 1010 g/mol. The van der Waals surface area contributed by atoms with Crippen molar-refractivity contribution in [1.29, 1.82) is 0 Å². The van der Waals surface area contributed by atoms with E-state index in [0.29, 0.717) is 17.5 Å². The fourth-order valence-corrected chi connectivity index (χ4v) is 9.75. The molecule has 7 nitrogen and oxygen atoms in total. The minimum atomic E-state index is 0. The van der Waals surface area contributed by atoms with Gasteiger partial charge in [-0.25, -0.2) is 0 Å². The molecule has 6 heterocycles. The Morgan fingerprint density at radius 3 is 1.88 bits per heavy atom. The van der Waals surface area contributed by atoms with Crippen molar-refractivity contribution < 1.29 is 24.5 Å². The van der Waals surface area contributed by atoms with E-state index in [0.717, 1.165) is 77.7 Å². The first-order chi connectivity index (χ1) is 30.9. The molecule has 0 bridgehead atoms. The predicted molar refractivity (Wildman–Crippen MR) is 258 cm³/mol. The minimum Gasteiger partial charge on any atom is -0.486 e. The van der Waals surface area contributed by atoms with Crippen molar-refractivity contribution in [1.82, 2.24) is 28.5 Å². The van der Waals surface area contributed by atoms with Gasteiger partial charge in [0.2, 0.25) is 5.71 Å². The van der Waals surface area contributed by atoms with Gasteiger partial charge in [0, 0.05) is 59.8 Å². The summed E-state index contributed by atoms with van der Waals surface area (Å²) in [5.41, 5.74) is 14.7. The van der Waals surface area contributed by atoms with Crippen LogP contribution in [0.3, 0.4) is 0 Å². The van der Waals surface area contributed by atoms with Crippen molar-refractivity contribution >= 4 is 82.4 Å². The third-order valence-corrected chi connectivity index (χ3v) is 12.7. The van der Waals surface area contributed by atoms with Gasteiger partial charge in [0.1, 0.15) is 5.65 Å². The molecule has 8 heteroatoms. The Morgan fingerprint density at radius 2 is 1.16 bits per heavy atom. The van der Waals surface area contributed by atoms with E-state index in [2.05, 4.69) is 163 Å². The summed E-state index contributed by atoms with van der Waals surface area (Å²) >= 11 is 0. The summed E-state index contributed by atoms with van der Waals surface area (Å²) in [5, 5.41) is 6.86. The van der Waals surface area contributed by atoms with E-state index < -0.39 is 0 Å². The number of nitrogens with zero attached hydrogens (tertiary/aromatic N) is 6. The van der Waals surface area contributed by atoms with E-state index in [4.69, 9.17) is 19.4 Å². The van der Waals surface area contributed by atoms with Crippen LogP contribution >= 0.6 is 0 Å². The van der Waals surface area contributed by atoms with E-state index >= 15 is 0 Å². The Bertz CT molecular complexity index is 3860. The number of para-hydroxylation sites is 7. The first kappa shape index (κ1) is 39.7. The molecule has 13 aromatic rings. The topological polar surface area (TPSA) is 66.1 Å². The largest absolute Gasteiger partial charge is 0.486 e. The van der Waals surface area contributed by atoms with Crippen molar-refractivity contribution in [3.63, 3.8) is 0 Å². The summed E-state index contributed by atoms with van der Waals surface area (Å²) < 4.78 is 13.2. The number of pyridine rings is 1. The number of hydrogen-bond donors (Lipinski definition) is 0. The number of furan rings is 1. The molecular weight excluding hydrogens is 965 g/mol. The molecule has 64 heavy (non-hydrogen) atoms. The van der Waals surface area contributed by atoms with Crippen LogP contribution < -0.4 is 0 Å². The molecule has 7 aromatic carbocycles. The molecule has 313 valence electrons. The maximum atomic E-state index is 6.49. The zero-order valence-electron chi connectivity index (χ0n) is 36.0. The van der Waals surface area contributed by atoms with Crippen LogP contribution in [0.15, 0.2) is 156 Å². The molecule has 0 atom stereocenters. The SMILES string of the molecule is CC(C)c1cccc(C(C)C)c1-n1c(-c2[c-]cccc2)nc2ccccc21.Cn1c(-c2[c-]ccc3c2oc2nc4c(cc23)c2cccc3c5ccccc5n4c32)nc2ccccc21.[Ir]. The van der Waals surface area contributed by atoms with Crippen molar-refractivity contribution in [2.45, 2.75) is 39.5 Å². The second-order valence-corrected chi connectivity index (χ2v) is 17.1. The van der Waals surface area contributed by atoms with Crippen LogP contribution in [-0.2, 0) is 27.2 Å². The van der Waals surface area contributed by atoms with Gasteiger partial charge < -0.3 is 13.6 Å². The van der Waals surface area contributed by atoms with E-state index in [1.165, 1.54) is 38.5 Å². The third kappa shape index (κ3) is 5.93. The van der Waals surface area contributed by atoms with Gasteiger partial charge in [0.15, 0.2) is 0 Å². The van der Waals surface area contributed by atoms with Crippen LogP contribution in [0, 0.1) is 12.1 Å². The van der Waals surface area contributed by atoms with Gasteiger partial charge in [-0.3, -0.25) is 14.4 Å². The van der Waals surface area contributed by atoms with E-state index in [9.17, 15) is 0 Å². The van der Waals surface area contributed by atoms with Gasteiger partial charge >= 0.3 is 0 Å². The van der Waals surface area contributed by atoms with Crippen LogP contribution in [0.5, 0.6) is 0 Å². The van der Waals surface area contributed by atoms with Gasteiger partial charge in [-0.05, 0) is 59.4 Å². The number of benzene rings is 7. The Kier molecular flexibility index (Phi) is 9.49. The van der Waals surface area contributed by atoms with Crippen LogP contribution in [0.2, 0.25) is 0 Å². The number of fused-ring (bicyclic) bond motifs is 11. The molecule has 6 aromatic heterocycles. The van der Waals surface area contributed by atoms with Gasteiger partial charge in [-0.2, -0.15) is 4.98 Å². The number of aromatic nitrogens is 6. The summed E-state index contributed by atoms with van der Waals surface area (Å²) in [6, 6.07) is 59.4. The zero-order valence-corrected chi connectivity index (χ0v) is 38.4. The second kappa shape index (κ2) is 15.3. The van der Waals surface area contributed by atoms with E-state index in [-0.39, 0.29) is 20.1 Å². The molecule has 0 aliphatic heterocycles. The molecule has 0 aliphatic carbocycles. The molecule has 1 radical (unpaired) electrons. The Labute approximate surface area is 383 Å². The average Bonchev–Trinajstić information content (AvgIpc) is 4.13. The van der Waals surface area contributed by atoms with Crippen LogP contribution in [0.4, 0.5) is 0 Å². The van der Waals surface area contributed by atoms with E-state index in [1.807, 2.05) is 49.5 Å². The monoisotopic (exact) mass is 1010 g/mol. The molecule has 0 amide bonds. The molecule has 0 saturated carbocycles. The first-order valence-corrected chi connectivity index (χ1v) is 21.7. The molecule has 0 fully saturated rings. The molecular formula is C56H42IrN6O-2. The number of rotatable bonds is 5. The molecule has 13 rings (SSSR count). The fourth-order valence-electron chi connectivity index (χ4n) is 9.75. The summed E-state index contributed by atoms with van der Waals surface area (Å²) in [4.78, 5) is 15.0. The molecule has 0 aliphatic rings. The Balaban J connectivity index is 0.000000147. The van der Waals surface area contributed by atoms with E-state index in [1.54, 1.807) is 0 Å². The molecule has 0 spiro atoms. The number of aryl methyl sites for hydroxylation is 1. The standard InChI is InChI=1S/C31H17N4O.C25H25N2.Ir/c1-34-26-15-5-3-13-24(26)32-29(34)21-12-7-11-20-23-16-22-19-10-6-9-18-17-8-2-4-14-25(17)35(27(18)19)30(22)33-31(23)36-28(20)21;1-17(2)20-13-10-14-21(18(3)4)24(20)27-23-16-9-8-15-22(23)26-25(27)19-11-6-5-7-12-19;/h2-11,13-16H,1H3;5-11,13-18H,1-4H3;/q2*-1;. The first-order valence-electron chi connectivity index (χ1n) is 21.7. The van der Waals surface area contributed by atoms with Crippen molar-refractivity contribution in [3.8, 4) is 28.5 Å². The quantitative estimate of drug-likeness (QED) is 0.161. The molecule has 0 N–H and O–H groups in total. The van der Waals surface area contributed by atoms with Crippen molar-refractivity contribution in [2.24, 2.45) is 7.05 Å². The third-order valence-electron chi connectivity index (χ3n) is 12.7. The maximum absolute atomic E-state index is 6.49. The summed E-state index contributed by atoms with van der Waals surface area (Å²) in [7, 11) is 2.03. The normalized spacial score (nSPS) is 12.0. The number of hydrogen-bond acceptors (Lipinski definition) is 4. The zero-order chi connectivity index (χ0) is 42.5. The summed E-state index contributed by atoms with van der Waals surface area (Å²) in [5.74, 6) is 2.63. The summed E-state index contributed by atoms with van der Waals surface area (Å²) in [6.07, 6.45) is 0. The van der Waals surface area contributed by atoms with Gasteiger partial charge in [0.25, 0.3) is 0 Å². The van der Waals surface area contributed by atoms with Crippen LogP contribution in [0.25, 0.3) is 111 Å². The Morgan fingerprint density at radius 1 is 0.531 bits per heavy atom. The Hall–Kier alpha value is -7.12. The fraction of sp³-hybridized carbons (Fsp3) is 0.125. The molecule has 0 unspecified atom stereocenters. The number of imidazole rings is 2. The predicted octanol–water partition coefficient (Wildman–Crippen LogP) is 14.2. The second-order valence-electron chi connectivity index (χ2n) is 17.1. The van der Waals surface area contributed by atoms with Gasteiger partial charge in [-0.15, -0.1) is 54.1 Å². The van der Waals surface area contributed by atoms with Gasteiger partial charge in [0.05, 0.1) is 50.3 Å². The van der Waals surface area contributed by atoms with Gasteiger partial charge in [-0.1, -0.05) is 118 Å². The van der Waals surface area contributed by atoms with Crippen LogP contribution in [0.1, 0.15) is 50.7 Å². The van der Waals surface area contributed by atoms with Crippen molar-refractivity contribution in [2.75, 3.05) is 0 Å². The minimum absolute atomic E-state index is 0. The smallest absolute Gasteiger partial charge is 0.218 e. The van der Waals surface area contributed by atoms with Crippen LogP contribution in [-0.4, -0.2) is 28.5 Å².